The average molecular weight is 245 g/mol. The van der Waals surface area contributed by atoms with Gasteiger partial charge in [0.05, 0.1) is 16.9 Å². The van der Waals surface area contributed by atoms with Gasteiger partial charge in [-0.05, 0) is 26.8 Å². The first-order valence-corrected chi connectivity index (χ1v) is 5.50. The van der Waals surface area contributed by atoms with E-state index in [0.29, 0.717) is 22.8 Å². The van der Waals surface area contributed by atoms with Crippen LogP contribution in [-0.2, 0) is 0 Å². The van der Waals surface area contributed by atoms with Crippen molar-refractivity contribution < 1.29 is 4.79 Å². The van der Waals surface area contributed by atoms with Gasteiger partial charge in [-0.3, -0.25) is 9.78 Å². The molecule has 0 aliphatic carbocycles. The second-order valence-corrected chi connectivity index (χ2v) is 4.23. The number of aromatic nitrogens is 3. The smallest absolute Gasteiger partial charge is 0.252 e. The summed E-state index contributed by atoms with van der Waals surface area (Å²) < 4.78 is 1.61. The molecule has 94 valence electrons. The van der Waals surface area contributed by atoms with Crippen LogP contribution in [-0.4, -0.2) is 20.7 Å². The Bertz CT molecular complexity index is 630. The zero-order valence-corrected chi connectivity index (χ0v) is 10.6. The fourth-order valence-electron chi connectivity index (χ4n) is 2.02. The van der Waals surface area contributed by atoms with Crippen molar-refractivity contribution in [3.8, 4) is 5.69 Å². The van der Waals surface area contributed by atoms with Crippen LogP contribution in [0.2, 0.25) is 0 Å². The molecular weight excluding hydrogens is 230 g/mol. The summed E-state index contributed by atoms with van der Waals surface area (Å²) in [5, 5.41) is 4.16. The number of nitrogens with two attached hydrogens (primary N) is 2. The number of aryl methyl sites for hydroxylation is 3. The van der Waals surface area contributed by atoms with E-state index in [9.17, 15) is 4.79 Å². The van der Waals surface area contributed by atoms with Crippen molar-refractivity contribution in [3.05, 3.63) is 34.8 Å². The van der Waals surface area contributed by atoms with Gasteiger partial charge in [-0.15, -0.1) is 0 Å². The predicted octanol–water partition coefficient (Wildman–Crippen LogP) is 0.874. The second kappa shape index (κ2) is 4.14. The molecule has 0 spiro atoms. The molecule has 2 aromatic rings. The van der Waals surface area contributed by atoms with Gasteiger partial charge in [0.25, 0.3) is 5.91 Å². The molecule has 0 aromatic carbocycles. The predicted molar refractivity (Wildman–Crippen MR) is 68.5 cm³/mol. The Morgan fingerprint density at radius 2 is 1.94 bits per heavy atom. The van der Waals surface area contributed by atoms with Crippen LogP contribution in [0.15, 0.2) is 12.1 Å². The molecule has 2 aromatic heterocycles. The van der Waals surface area contributed by atoms with Crippen molar-refractivity contribution in [1.82, 2.24) is 14.8 Å². The first kappa shape index (κ1) is 12.1. The van der Waals surface area contributed by atoms with E-state index in [1.807, 2.05) is 13.8 Å². The lowest BCUT2D eigenvalue weighted by Gasteiger charge is -2.12. The summed E-state index contributed by atoms with van der Waals surface area (Å²) in [5.74, 6) is -0.126. The Morgan fingerprint density at radius 1 is 1.28 bits per heavy atom. The minimum absolute atomic E-state index is 0.367. The molecule has 6 heteroatoms. The molecule has 0 saturated carbocycles. The molecular formula is C12H15N5O. The monoisotopic (exact) mass is 245 g/mol. The third-order valence-electron chi connectivity index (χ3n) is 2.69. The SMILES string of the molecule is Cc1cc(-n2nc(N)cc2C)c(C(N)=O)c(C)n1. The zero-order valence-electron chi connectivity index (χ0n) is 10.6. The van der Waals surface area contributed by atoms with E-state index in [0.717, 1.165) is 11.4 Å². The average Bonchev–Trinajstić information content (AvgIpc) is 2.55. The third-order valence-corrected chi connectivity index (χ3v) is 2.69. The van der Waals surface area contributed by atoms with E-state index in [-0.39, 0.29) is 0 Å². The van der Waals surface area contributed by atoms with E-state index in [1.165, 1.54) is 0 Å². The summed E-state index contributed by atoms with van der Waals surface area (Å²) in [6.45, 7) is 5.46. The van der Waals surface area contributed by atoms with Crippen molar-refractivity contribution in [1.29, 1.82) is 0 Å². The van der Waals surface area contributed by atoms with Crippen LogP contribution < -0.4 is 11.5 Å². The number of pyridine rings is 1. The summed E-state index contributed by atoms with van der Waals surface area (Å²) in [6.07, 6.45) is 0. The Labute approximate surface area is 105 Å². The molecule has 2 rings (SSSR count). The van der Waals surface area contributed by atoms with Crippen molar-refractivity contribution in [2.45, 2.75) is 20.8 Å². The van der Waals surface area contributed by atoms with Crippen LogP contribution in [0.4, 0.5) is 5.82 Å². The van der Waals surface area contributed by atoms with Crippen LogP contribution in [0.3, 0.4) is 0 Å². The molecule has 0 radical (unpaired) electrons. The Balaban J connectivity index is 2.77. The number of hydrogen-bond acceptors (Lipinski definition) is 4. The molecule has 0 saturated heterocycles. The van der Waals surface area contributed by atoms with E-state index in [4.69, 9.17) is 11.5 Å². The van der Waals surface area contributed by atoms with Gasteiger partial charge in [0.2, 0.25) is 0 Å². The zero-order chi connectivity index (χ0) is 13.4. The third kappa shape index (κ3) is 1.92. The maximum Gasteiger partial charge on any atom is 0.252 e. The van der Waals surface area contributed by atoms with Gasteiger partial charge in [0, 0.05) is 17.5 Å². The number of rotatable bonds is 2. The number of carbonyl (C=O) groups excluding carboxylic acids is 1. The molecule has 1 amide bonds. The number of anilines is 1. The molecule has 0 aliphatic rings. The summed E-state index contributed by atoms with van der Waals surface area (Å²) in [4.78, 5) is 15.8. The first-order chi connectivity index (χ1) is 8.40. The van der Waals surface area contributed by atoms with Gasteiger partial charge in [-0.1, -0.05) is 0 Å². The molecule has 18 heavy (non-hydrogen) atoms. The van der Waals surface area contributed by atoms with Gasteiger partial charge in [0.1, 0.15) is 5.82 Å². The van der Waals surface area contributed by atoms with Crippen LogP contribution in [0.25, 0.3) is 5.69 Å². The minimum atomic E-state index is -0.525. The Kier molecular flexibility index (Phi) is 2.78. The molecule has 0 atom stereocenters. The number of nitrogens with zero attached hydrogens (tertiary/aromatic N) is 3. The normalized spacial score (nSPS) is 10.6. The Hall–Kier alpha value is -2.37. The van der Waals surface area contributed by atoms with E-state index < -0.39 is 5.91 Å². The van der Waals surface area contributed by atoms with E-state index >= 15 is 0 Å². The van der Waals surface area contributed by atoms with Crippen LogP contribution in [0.1, 0.15) is 27.4 Å². The highest BCUT2D eigenvalue weighted by Crippen LogP contribution is 2.20. The van der Waals surface area contributed by atoms with Gasteiger partial charge in [-0.25, -0.2) is 4.68 Å². The highest BCUT2D eigenvalue weighted by molar-refractivity contribution is 5.97. The minimum Gasteiger partial charge on any atom is -0.382 e. The number of primary amides is 1. The highest BCUT2D eigenvalue weighted by atomic mass is 16.1. The molecule has 0 bridgehead atoms. The number of amides is 1. The maximum absolute atomic E-state index is 11.6. The maximum atomic E-state index is 11.6. The molecule has 0 fully saturated rings. The standard InChI is InChI=1S/C12H15N5O/c1-6-4-9(11(12(14)18)8(3)15-6)17-7(2)5-10(13)16-17/h4-5H,1-3H3,(H2,13,16)(H2,14,18). The van der Waals surface area contributed by atoms with Gasteiger partial charge >= 0.3 is 0 Å². The van der Waals surface area contributed by atoms with Crippen LogP contribution in [0, 0.1) is 20.8 Å². The molecule has 0 aliphatic heterocycles. The lowest BCUT2D eigenvalue weighted by Crippen LogP contribution is -2.18. The van der Waals surface area contributed by atoms with Crippen LogP contribution >= 0.6 is 0 Å². The summed E-state index contributed by atoms with van der Waals surface area (Å²) in [6, 6.07) is 3.50. The van der Waals surface area contributed by atoms with E-state index in [2.05, 4.69) is 10.1 Å². The fourth-order valence-corrected chi connectivity index (χ4v) is 2.02. The summed E-state index contributed by atoms with van der Waals surface area (Å²) in [7, 11) is 0. The lowest BCUT2D eigenvalue weighted by atomic mass is 10.1. The highest BCUT2D eigenvalue weighted by Gasteiger charge is 2.17. The lowest BCUT2D eigenvalue weighted by molar-refractivity contribution is 0.0999. The first-order valence-electron chi connectivity index (χ1n) is 5.50. The van der Waals surface area contributed by atoms with Crippen molar-refractivity contribution >= 4 is 11.7 Å². The quantitative estimate of drug-likeness (QED) is 0.820. The summed E-state index contributed by atoms with van der Waals surface area (Å²) >= 11 is 0. The molecule has 2 heterocycles. The van der Waals surface area contributed by atoms with Gasteiger partial charge < -0.3 is 11.5 Å². The van der Waals surface area contributed by atoms with Crippen molar-refractivity contribution in [3.63, 3.8) is 0 Å². The molecule has 6 nitrogen and oxygen atoms in total. The van der Waals surface area contributed by atoms with Gasteiger partial charge in [0.15, 0.2) is 0 Å². The van der Waals surface area contributed by atoms with Gasteiger partial charge in [-0.2, -0.15) is 5.10 Å². The molecule has 0 unspecified atom stereocenters. The Morgan fingerprint density at radius 3 is 2.44 bits per heavy atom. The summed E-state index contributed by atoms with van der Waals surface area (Å²) in [5.41, 5.74) is 14.3. The number of carbonyl (C=O) groups is 1. The molecule has 4 N–H and O–H groups in total. The van der Waals surface area contributed by atoms with Crippen LogP contribution in [0.5, 0.6) is 0 Å². The topological polar surface area (TPSA) is 99.8 Å². The number of nitrogen functional groups attached to an aromatic ring is 1. The largest absolute Gasteiger partial charge is 0.382 e. The van der Waals surface area contributed by atoms with Crippen molar-refractivity contribution in [2.24, 2.45) is 5.73 Å². The van der Waals surface area contributed by atoms with E-state index in [1.54, 1.807) is 23.7 Å². The fraction of sp³-hybridized carbons (Fsp3) is 0.250. The second-order valence-electron chi connectivity index (χ2n) is 4.23. The van der Waals surface area contributed by atoms with Crippen molar-refractivity contribution in [2.75, 3.05) is 5.73 Å². The number of hydrogen-bond donors (Lipinski definition) is 2.